The van der Waals surface area contributed by atoms with Crippen LogP contribution in [0.15, 0.2) is 53.5 Å². The van der Waals surface area contributed by atoms with E-state index >= 15 is 0 Å². The molecule has 3 heterocycles. The fourth-order valence-electron chi connectivity index (χ4n) is 5.07. The summed E-state index contributed by atoms with van der Waals surface area (Å²) in [4.78, 5) is 17.6. The third-order valence-electron chi connectivity index (χ3n) is 7.12. The molecule has 1 aliphatic carbocycles. The number of likely N-dealkylation sites (tertiary alicyclic amines) is 1. The van der Waals surface area contributed by atoms with Gasteiger partial charge in [0, 0.05) is 54.7 Å². The van der Waals surface area contributed by atoms with E-state index in [9.17, 15) is 4.79 Å². The number of piperidine rings is 1. The summed E-state index contributed by atoms with van der Waals surface area (Å²) < 4.78 is 12.7. The molecule has 154 valence electrons. The predicted octanol–water partition coefficient (Wildman–Crippen LogP) is 4.45. The molecular formula is C25H26N2O3. The van der Waals surface area contributed by atoms with Crippen LogP contribution in [-0.4, -0.2) is 34.8 Å². The number of ether oxygens (including phenoxy) is 2. The zero-order valence-electron chi connectivity index (χ0n) is 17.0. The number of nitrogens with one attached hydrogen (secondary N) is 1. The number of rotatable bonds is 2. The second-order valence-corrected chi connectivity index (χ2v) is 8.82. The predicted molar refractivity (Wildman–Crippen MR) is 117 cm³/mol. The third-order valence-corrected chi connectivity index (χ3v) is 7.12. The Bertz CT molecular complexity index is 1160. The van der Waals surface area contributed by atoms with Gasteiger partial charge in [-0.25, -0.2) is 0 Å². The number of H-pyrrole nitrogens is 1. The molecule has 1 saturated carbocycles. The van der Waals surface area contributed by atoms with E-state index < -0.39 is 5.79 Å². The van der Waals surface area contributed by atoms with Crippen LogP contribution in [-0.2, 0) is 11.3 Å². The van der Waals surface area contributed by atoms with E-state index in [0.29, 0.717) is 12.0 Å². The summed E-state index contributed by atoms with van der Waals surface area (Å²) in [6.07, 6.45) is 7.72. The van der Waals surface area contributed by atoms with Gasteiger partial charge in [0.1, 0.15) is 5.75 Å². The standard InChI is InChI=1S/C25H26N2O3/c28-24-21-7-2-1-6-20(21)22(15-26-24)17-8-9-23-18(14-17)16-29-25(30-23)10-12-27(13-11-25)19-4-3-5-19/h1-2,6-9,14-15,19H,3-5,10-13,16H2,(H,26,28). The first kappa shape index (κ1) is 18.2. The molecular weight excluding hydrogens is 376 g/mol. The Kier molecular flexibility index (Phi) is 4.22. The van der Waals surface area contributed by atoms with Crippen molar-refractivity contribution in [3.05, 3.63) is 64.6 Å². The topological polar surface area (TPSA) is 54.6 Å². The van der Waals surface area contributed by atoms with Crippen molar-refractivity contribution in [2.45, 2.75) is 50.5 Å². The first-order chi connectivity index (χ1) is 14.7. The van der Waals surface area contributed by atoms with Crippen molar-refractivity contribution in [2.24, 2.45) is 0 Å². The number of pyridine rings is 1. The van der Waals surface area contributed by atoms with E-state index in [0.717, 1.165) is 59.8 Å². The van der Waals surface area contributed by atoms with Gasteiger partial charge in [-0.2, -0.15) is 0 Å². The van der Waals surface area contributed by atoms with E-state index in [2.05, 4.69) is 28.1 Å². The number of hydrogen-bond acceptors (Lipinski definition) is 4. The number of aromatic amines is 1. The molecule has 5 nitrogen and oxygen atoms in total. The van der Waals surface area contributed by atoms with Gasteiger partial charge in [0.15, 0.2) is 0 Å². The molecule has 30 heavy (non-hydrogen) atoms. The number of benzene rings is 2. The lowest BCUT2D eigenvalue weighted by Crippen LogP contribution is -2.54. The van der Waals surface area contributed by atoms with Gasteiger partial charge < -0.3 is 14.5 Å². The van der Waals surface area contributed by atoms with Gasteiger partial charge in [0.25, 0.3) is 5.56 Å². The number of hydrogen-bond donors (Lipinski definition) is 1. The molecule has 1 saturated heterocycles. The maximum absolute atomic E-state index is 12.2. The molecule has 2 aromatic carbocycles. The molecule has 0 bridgehead atoms. The quantitative estimate of drug-likeness (QED) is 0.688. The molecule has 0 amide bonds. The zero-order valence-corrected chi connectivity index (χ0v) is 17.0. The van der Waals surface area contributed by atoms with Gasteiger partial charge in [-0.05, 0) is 42.0 Å². The summed E-state index contributed by atoms with van der Waals surface area (Å²) in [5.74, 6) is 0.454. The Labute approximate surface area is 175 Å². The van der Waals surface area contributed by atoms with Crippen molar-refractivity contribution in [1.82, 2.24) is 9.88 Å². The summed E-state index contributed by atoms with van der Waals surface area (Å²) in [6.45, 7) is 2.68. The van der Waals surface area contributed by atoms with Gasteiger partial charge in [0.2, 0.25) is 5.79 Å². The Balaban J connectivity index is 1.27. The van der Waals surface area contributed by atoms with Crippen LogP contribution in [0.3, 0.4) is 0 Å². The Hall–Kier alpha value is -2.63. The minimum absolute atomic E-state index is 0.0610. The Morgan fingerprint density at radius 1 is 1.03 bits per heavy atom. The molecule has 2 fully saturated rings. The van der Waals surface area contributed by atoms with Crippen molar-refractivity contribution in [1.29, 1.82) is 0 Å². The Morgan fingerprint density at radius 3 is 2.60 bits per heavy atom. The maximum atomic E-state index is 12.2. The summed E-state index contributed by atoms with van der Waals surface area (Å²) in [6, 6.07) is 14.8. The first-order valence-electron chi connectivity index (χ1n) is 11.0. The zero-order chi connectivity index (χ0) is 20.1. The largest absolute Gasteiger partial charge is 0.462 e. The molecule has 2 aliphatic heterocycles. The Morgan fingerprint density at radius 2 is 1.83 bits per heavy atom. The lowest BCUT2D eigenvalue weighted by Gasteiger charge is -2.47. The highest BCUT2D eigenvalue weighted by Gasteiger charge is 2.42. The van der Waals surface area contributed by atoms with Gasteiger partial charge in [-0.15, -0.1) is 0 Å². The van der Waals surface area contributed by atoms with Crippen LogP contribution >= 0.6 is 0 Å². The van der Waals surface area contributed by atoms with Gasteiger partial charge >= 0.3 is 0 Å². The van der Waals surface area contributed by atoms with Crippen molar-refractivity contribution in [3.8, 4) is 16.9 Å². The highest BCUT2D eigenvalue weighted by atomic mass is 16.7. The molecule has 6 rings (SSSR count). The van der Waals surface area contributed by atoms with Crippen molar-refractivity contribution >= 4 is 10.8 Å². The minimum Gasteiger partial charge on any atom is -0.462 e. The molecule has 5 heteroatoms. The van der Waals surface area contributed by atoms with E-state index in [1.807, 2.05) is 24.3 Å². The van der Waals surface area contributed by atoms with E-state index in [1.165, 1.54) is 19.3 Å². The summed E-state index contributed by atoms with van der Waals surface area (Å²) in [5, 5.41) is 1.66. The molecule has 1 spiro atoms. The van der Waals surface area contributed by atoms with Crippen LogP contribution in [0.1, 0.15) is 37.7 Å². The van der Waals surface area contributed by atoms with E-state index in [1.54, 1.807) is 6.20 Å². The molecule has 0 atom stereocenters. The van der Waals surface area contributed by atoms with Crippen LogP contribution in [0, 0.1) is 0 Å². The molecule has 3 aromatic rings. The van der Waals surface area contributed by atoms with Gasteiger partial charge in [0.05, 0.1) is 6.61 Å². The van der Waals surface area contributed by atoms with E-state index in [4.69, 9.17) is 9.47 Å². The normalized spacial score (nSPS) is 21.2. The molecule has 0 radical (unpaired) electrons. The van der Waals surface area contributed by atoms with Gasteiger partial charge in [-0.1, -0.05) is 30.7 Å². The lowest BCUT2D eigenvalue weighted by atomic mass is 9.89. The number of aromatic nitrogens is 1. The maximum Gasteiger partial charge on any atom is 0.255 e. The van der Waals surface area contributed by atoms with Crippen LogP contribution in [0.5, 0.6) is 5.75 Å². The van der Waals surface area contributed by atoms with Gasteiger partial charge in [-0.3, -0.25) is 9.69 Å². The summed E-state index contributed by atoms with van der Waals surface area (Å²) in [7, 11) is 0. The van der Waals surface area contributed by atoms with Crippen LogP contribution in [0.4, 0.5) is 0 Å². The van der Waals surface area contributed by atoms with Crippen molar-refractivity contribution in [3.63, 3.8) is 0 Å². The molecule has 1 aromatic heterocycles. The summed E-state index contributed by atoms with van der Waals surface area (Å²) in [5.41, 5.74) is 3.08. The highest BCUT2D eigenvalue weighted by Crippen LogP contribution is 2.41. The highest BCUT2D eigenvalue weighted by molar-refractivity contribution is 5.95. The molecule has 3 aliphatic rings. The number of nitrogens with zero attached hydrogens (tertiary/aromatic N) is 1. The second-order valence-electron chi connectivity index (χ2n) is 8.82. The van der Waals surface area contributed by atoms with Crippen LogP contribution in [0.25, 0.3) is 21.9 Å². The second kappa shape index (κ2) is 6.96. The van der Waals surface area contributed by atoms with Crippen LogP contribution < -0.4 is 10.3 Å². The smallest absolute Gasteiger partial charge is 0.255 e. The fraction of sp³-hybridized carbons (Fsp3) is 0.400. The average molecular weight is 402 g/mol. The third kappa shape index (κ3) is 2.96. The lowest BCUT2D eigenvalue weighted by molar-refractivity contribution is -0.231. The molecule has 0 unspecified atom stereocenters. The van der Waals surface area contributed by atoms with E-state index in [-0.39, 0.29) is 5.56 Å². The SMILES string of the molecule is O=c1[nH]cc(-c2ccc3c(c2)COC2(CCN(C4CCC4)CC2)O3)c2ccccc12. The number of fused-ring (bicyclic) bond motifs is 2. The van der Waals surface area contributed by atoms with Crippen LogP contribution in [0.2, 0.25) is 0 Å². The van der Waals surface area contributed by atoms with Crippen molar-refractivity contribution < 1.29 is 9.47 Å². The average Bonchev–Trinajstić information content (AvgIpc) is 2.75. The minimum atomic E-state index is -0.473. The summed E-state index contributed by atoms with van der Waals surface area (Å²) >= 11 is 0. The fourth-order valence-corrected chi connectivity index (χ4v) is 5.07. The first-order valence-corrected chi connectivity index (χ1v) is 11.0. The molecule has 1 N–H and O–H groups in total. The van der Waals surface area contributed by atoms with Crippen molar-refractivity contribution in [2.75, 3.05) is 13.1 Å². The monoisotopic (exact) mass is 402 g/mol.